The highest BCUT2D eigenvalue weighted by Gasteiger charge is 2.18. The van der Waals surface area contributed by atoms with Gasteiger partial charge in [0.15, 0.2) is 0 Å². The van der Waals surface area contributed by atoms with Crippen molar-refractivity contribution < 1.29 is 0 Å². The summed E-state index contributed by atoms with van der Waals surface area (Å²) >= 11 is 11.6. The maximum Gasteiger partial charge on any atom is 0.131 e. The minimum absolute atomic E-state index is 0.360. The van der Waals surface area contributed by atoms with E-state index in [0.29, 0.717) is 22.3 Å². The molecule has 2 atom stereocenters. The van der Waals surface area contributed by atoms with Crippen molar-refractivity contribution in [2.75, 3.05) is 0 Å². The van der Waals surface area contributed by atoms with E-state index in [1.165, 1.54) is 6.42 Å². The normalized spacial score (nSPS) is 25.4. The van der Waals surface area contributed by atoms with Gasteiger partial charge in [-0.15, -0.1) is 0 Å². The van der Waals surface area contributed by atoms with Crippen LogP contribution in [-0.4, -0.2) is 11.0 Å². The Morgan fingerprint density at radius 1 is 1.25 bits per heavy atom. The minimum Gasteiger partial charge on any atom is -0.328 e. The first-order valence-electron chi connectivity index (χ1n) is 5.40. The average molecular weight is 257 g/mol. The third-order valence-corrected chi connectivity index (χ3v) is 3.25. The monoisotopic (exact) mass is 256 g/mol. The fourth-order valence-corrected chi connectivity index (χ4v) is 2.53. The Labute approximate surface area is 105 Å². The zero-order valence-electron chi connectivity index (χ0n) is 8.87. The zero-order chi connectivity index (χ0) is 11.5. The molecule has 1 aromatic heterocycles. The molecule has 1 aliphatic rings. The van der Waals surface area contributed by atoms with Crippen LogP contribution in [0.2, 0.25) is 10.3 Å². The Balaban J connectivity index is 2.05. The maximum atomic E-state index is 5.86. The number of halogens is 2. The molecule has 1 aromatic rings. The van der Waals surface area contributed by atoms with Gasteiger partial charge in [0.25, 0.3) is 0 Å². The standard InChI is InChI=1S/C12H14Cl2N2/c13-11-6-9(7-12(14)16-11)2-1-8-3-4-10(15)5-8/h1-2,6-8,10H,3-5,15H2/b2-1+. The Bertz CT molecular complexity index is 384. The topological polar surface area (TPSA) is 38.9 Å². The van der Waals surface area contributed by atoms with Crippen LogP contribution in [0.1, 0.15) is 24.8 Å². The lowest BCUT2D eigenvalue weighted by Gasteiger charge is -2.02. The highest BCUT2D eigenvalue weighted by Crippen LogP contribution is 2.26. The summed E-state index contributed by atoms with van der Waals surface area (Å²) in [5, 5.41) is 0.852. The third-order valence-electron chi connectivity index (χ3n) is 2.86. The molecule has 0 aliphatic heterocycles. The van der Waals surface area contributed by atoms with Gasteiger partial charge in [-0.05, 0) is 42.9 Å². The molecule has 1 aliphatic carbocycles. The first-order valence-corrected chi connectivity index (χ1v) is 6.16. The molecular weight excluding hydrogens is 243 g/mol. The van der Waals surface area contributed by atoms with Crippen LogP contribution in [-0.2, 0) is 0 Å². The molecule has 0 spiro atoms. The second-order valence-electron chi connectivity index (χ2n) is 4.24. The number of hydrogen-bond donors (Lipinski definition) is 1. The molecule has 16 heavy (non-hydrogen) atoms. The van der Waals surface area contributed by atoms with Gasteiger partial charge in [0, 0.05) is 6.04 Å². The van der Waals surface area contributed by atoms with E-state index in [0.717, 1.165) is 18.4 Å². The first kappa shape index (κ1) is 11.9. The summed E-state index contributed by atoms with van der Waals surface area (Å²) in [6.45, 7) is 0. The first-order chi connectivity index (χ1) is 7.63. The molecule has 0 amide bonds. The molecule has 86 valence electrons. The largest absolute Gasteiger partial charge is 0.328 e. The van der Waals surface area contributed by atoms with Crippen LogP contribution in [0.25, 0.3) is 6.08 Å². The van der Waals surface area contributed by atoms with E-state index in [2.05, 4.69) is 11.1 Å². The lowest BCUT2D eigenvalue weighted by atomic mass is 10.1. The minimum atomic E-state index is 0.360. The molecule has 2 unspecified atom stereocenters. The summed E-state index contributed by atoms with van der Waals surface area (Å²) in [6, 6.07) is 3.97. The van der Waals surface area contributed by atoms with Gasteiger partial charge in [0.05, 0.1) is 0 Å². The van der Waals surface area contributed by atoms with Gasteiger partial charge < -0.3 is 5.73 Å². The molecule has 4 heteroatoms. The number of pyridine rings is 1. The van der Waals surface area contributed by atoms with Crippen molar-refractivity contribution in [1.29, 1.82) is 0 Å². The van der Waals surface area contributed by atoms with E-state index in [1.807, 2.05) is 6.08 Å². The number of rotatable bonds is 2. The van der Waals surface area contributed by atoms with E-state index in [4.69, 9.17) is 28.9 Å². The predicted molar refractivity (Wildman–Crippen MR) is 68.6 cm³/mol. The quantitative estimate of drug-likeness (QED) is 0.823. The second-order valence-corrected chi connectivity index (χ2v) is 5.01. The SMILES string of the molecule is NC1CCC(/C=C/c2cc(Cl)nc(Cl)c2)C1. The fourth-order valence-electron chi connectivity index (χ4n) is 2.05. The van der Waals surface area contributed by atoms with Crippen molar-refractivity contribution in [3.63, 3.8) is 0 Å². The van der Waals surface area contributed by atoms with Crippen molar-refractivity contribution in [3.05, 3.63) is 34.1 Å². The molecule has 2 N–H and O–H groups in total. The number of nitrogens with two attached hydrogens (primary N) is 1. The number of aromatic nitrogens is 1. The molecule has 0 saturated heterocycles. The van der Waals surface area contributed by atoms with Gasteiger partial charge in [0.2, 0.25) is 0 Å². The van der Waals surface area contributed by atoms with Crippen LogP contribution in [0.3, 0.4) is 0 Å². The van der Waals surface area contributed by atoms with Crippen LogP contribution >= 0.6 is 23.2 Å². The molecule has 2 rings (SSSR count). The van der Waals surface area contributed by atoms with Crippen LogP contribution in [0, 0.1) is 5.92 Å². The van der Waals surface area contributed by atoms with E-state index >= 15 is 0 Å². The summed E-state index contributed by atoms with van der Waals surface area (Å²) < 4.78 is 0. The summed E-state index contributed by atoms with van der Waals surface area (Å²) in [6.07, 6.45) is 7.59. The van der Waals surface area contributed by atoms with Crippen molar-refractivity contribution in [1.82, 2.24) is 4.98 Å². The molecule has 1 saturated carbocycles. The maximum absolute atomic E-state index is 5.86. The van der Waals surface area contributed by atoms with E-state index in [-0.39, 0.29) is 0 Å². The number of nitrogens with zero attached hydrogens (tertiary/aromatic N) is 1. The molecule has 1 fully saturated rings. The Kier molecular flexibility index (Phi) is 3.85. The van der Waals surface area contributed by atoms with Crippen LogP contribution in [0.5, 0.6) is 0 Å². The molecule has 0 radical (unpaired) electrons. The van der Waals surface area contributed by atoms with Crippen LogP contribution in [0.15, 0.2) is 18.2 Å². The lowest BCUT2D eigenvalue weighted by Crippen LogP contribution is -2.14. The summed E-state index contributed by atoms with van der Waals surface area (Å²) in [4.78, 5) is 3.90. The Hall–Kier alpha value is -0.570. The summed E-state index contributed by atoms with van der Waals surface area (Å²) in [5.74, 6) is 0.584. The van der Waals surface area contributed by atoms with Crippen molar-refractivity contribution in [3.8, 4) is 0 Å². The van der Waals surface area contributed by atoms with E-state index in [9.17, 15) is 0 Å². The van der Waals surface area contributed by atoms with Gasteiger partial charge in [-0.3, -0.25) is 0 Å². The molecular formula is C12H14Cl2N2. The second kappa shape index (κ2) is 5.17. The smallest absolute Gasteiger partial charge is 0.131 e. The van der Waals surface area contributed by atoms with Crippen LogP contribution < -0.4 is 5.73 Å². The average Bonchev–Trinajstić information content (AvgIpc) is 2.60. The molecule has 0 aromatic carbocycles. The molecule has 1 heterocycles. The molecule has 0 bridgehead atoms. The van der Waals surface area contributed by atoms with E-state index < -0.39 is 0 Å². The predicted octanol–water partition coefficient (Wildman–Crippen LogP) is 3.53. The summed E-state index contributed by atoms with van der Waals surface area (Å²) in [7, 11) is 0. The summed E-state index contributed by atoms with van der Waals surface area (Å²) in [5.41, 5.74) is 6.85. The Morgan fingerprint density at radius 3 is 2.50 bits per heavy atom. The number of hydrogen-bond acceptors (Lipinski definition) is 2. The van der Waals surface area contributed by atoms with E-state index in [1.54, 1.807) is 12.1 Å². The number of allylic oxidation sites excluding steroid dienone is 1. The fraction of sp³-hybridized carbons (Fsp3) is 0.417. The Morgan fingerprint density at radius 2 is 1.94 bits per heavy atom. The van der Waals surface area contributed by atoms with Gasteiger partial charge in [-0.25, -0.2) is 4.98 Å². The zero-order valence-corrected chi connectivity index (χ0v) is 10.4. The van der Waals surface area contributed by atoms with Gasteiger partial charge in [-0.2, -0.15) is 0 Å². The van der Waals surface area contributed by atoms with Crippen molar-refractivity contribution >= 4 is 29.3 Å². The van der Waals surface area contributed by atoms with Crippen LogP contribution in [0.4, 0.5) is 0 Å². The van der Waals surface area contributed by atoms with Gasteiger partial charge in [-0.1, -0.05) is 35.4 Å². The van der Waals surface area contributed by atoms with Gasteiger partial charge in [0.1, 0.15) is 10.3 Å². The molecule has 2 nitrogen and oxygen atoms in total. The van der Waals surface area contributed by atoms with Crippen molar-refractivity contribution in [2.45, 2.75) is 25.3 Å². The highest BCUT2D eigenvalue weighted by atomic mass is 35.5. The third kappa shape index (κ3) is 3.21. The lowest BCUT2D eigenvalue weighted by molar-refractivity contribution is 0.654. The van der Waals surface area contributed by atoms with Gasteiger partial charge >= 0.3 is 0 Å². The highest BCUT2D eigenvalue weighted by molar-refractivity contribution is 6.32. The van der Waals surface area contributed by atoms with Crippen molar-refractivity contribution in [2.24, 2.45) is 11.7 Å².